The van der Waals surface area contributed by atoms with Crippen LogP contribution in [0.3, 0.4) is 0 Å². The van der Waals surface area contributed by atoms with Gasteiger partial charge in [0.2, 0.25) is 0 Å². The first kappa shape index (κ1) is 75.9. The fraction of sp³-hybridized carbons (Fsp3) is 0.500. The predicted molar refractivity (Wildman–Crippen MR) is 57.0 cm³/mol. The maximum absolute atomic E-state index is 9.64. The number of hydrogen-bond acceptors (Lipinski definition) is 2. The standard InChI is InChI=1S/C4H6O4.Na.7H2O.H/c5-3(6)1-2-4(7)8;;;;;;;;;/h1-2H2,(H,5,6)(H,7,8);;7*1H2;. The Labute approximate surface area is 113 Å². The van der Waals surface area contributed by atoms with Gasteiger partial charge < -0.3 is 48.5 Å². The fourth-order valence-corrected chi connectivity index (χ4v) is 0.214. The molecule has 0 aliphatic rings. The van der Waals surface area contributed by atoms with Crippen molar-refractivity contribution < 1.29 is 58.1 Å². The molecule has 0 aromatic heterocycles. The van der Waals surface area contributed by atoms with Crippen molar-refractivity contribution in [2.75, 3.05) is 0 Å². The summed E-state index contributed by atoms with van der Waals surface area (Å²) in [6.07, 6.45) is -0.593. The summed E-state index contributed by atoms with van der Waals surface area (Å²) in [6.45, 7) is 0. The van der Waals surface area contributed by atoms with Crippen LogP contribution in [-0.2, 0) is 9.59 Å². The van der Waals surface area contributed by atoms with Crippen LogP contribution in [0.1, 0.15) is 12.8 Å². The van der Waals surface area contributed by atoms with Crippen LogP contribution in [0.25, 0.3) is 0 Å². The topological polar surface area (TPSA) is 295 Å². The Bertz CT molecular complexity index is 103. The Morgan fingerprint density at radius 1 is 0.625 bits per heavy atom. The molecule has 0 heterocycles. The van der Waals surface area contributed by atoms with Crippen molar-refractivity contribution in [2.45, 2.75) is 12.8 Å². The molecule has 0 saturated heterocycles. The summed E-state index contributed by atoms with van der Waals surface area (Å²) in [5.41, 5.74) is 0. The van der Waals surface area contributed by atoms with E-state index in [-0.39, 0.29) is 80.7 Å². The van der Waals surface area contributed by atoms with Gasteiger partial charge in [-0.25, -0.2) is 0 Å². The van der Waals surface area contributed by atoms with Gasteiger partial charge in [0.15, 0.2) is 0 Å². The molecule has 0 rings (SSSR count). The van der Waals surface area contributed by atoms with Crippen molar-refractivity contribution >= 4 is 41.5 Å². The molecule has 0 aromatic rings. The molecule has 0 aliphatic heterocycles. The quantitative estimate of drug-likeness (QED) is 0.471. The minimum absolute atomic E-state index is 0. The second-order valence-electron chi connectivity index (χ2n) is 1.29. The summed E-state index contributed by atoms with van der Waals surface area (Å²) in [5.74, 6) is -2.15. The molecule has 12 heteroatoms. The molecule has 0 atom stereocenters. The van der Waals surface area contributed by atoms with E-state index >= 15 is 0 Å². The number of aliphatic carboxylic acids is 2. The van der Waals surface area contributed by atoms with E-state index in [1.807, 2.05) is 0 Å². The zero-order chi connectivity index (χ0) is 6.57. The van der Waals surface area contributed by atoms with Crippen molar-refractivity contribution in [2.24, 2.45) is 0 Å². The first-order valence-electron chi connectivity index (χ1n) is 2.06. The zero-order valence-corrected chi connectivity index (χ0v) is 7.63. The molecule has 0 unspecified atom stereocenters. The minimum atomic E-state index is -1.08. The molecular weight excluding hydrogens is 247 g/mol. The van der Waals surface area contributed by atoms with Gasteiger partial charge in [0.1, 0.15) is 0 Å². The van der Waals surface area contributed by atoms with Crippen molar-refractivity contribution in [3.8, 4) is 0 Å². The average Bonchev–Trinajstić information content (AvgIpc) is 1.61. The summed E-state index contributed by atoms with van der Waals surface area (Å²) < 4.78 is 0. The van der Waals surface area contributed by atoms with E-state index in [0.717, 1.165) is 0 Å². The Kier molecular flexibility index (Phi) is 221. The second kappa shape index (κ2) is 46.6. The zero-order valence-electron chi connectivity index (χ0n) is 7.63. The SMILES string of the molecule is O.O.O.O.O.O.O.O=C(O)CCC(=O)O.[NaH]. The third-order valence-corrected chi connectivity index (χ3v) is 0.553. The molecule has 104 valence electrons. The number of rotatable bonds is 3. The molecule has 16 N–H and O–H groups in total. The molecule has 0 aromatic carbocycles. The van der Waals surface area contributed by atoms with Crippen LogP contribution >= 0.6 is 0 Å². The molecule has 0 spiro atoms. The molecular formula is C4H21NaO11. The van der Waals surface area contributed by atoms with E-state index in [1.165, 1.54) is 0 Å². The summed E-state index contributed by atoms with van der Waals surface area (Å²) in [7, 11) is 0. The van der Waals surface area contributed by atoms with Crippen LogP contribution in [0.4, 0.5) is 0 Å². The summed E-state index contributed by atoms with van der Waals surface area (Å²) in [6, 6.07) is 0. The van der Waals surface area contributed by atoms with Gasteiger partial charge in [0.05, 0.1) is 12.8 Å². The van der Waals surface area contributed by atoms with Gasteiger partial charge >= 0.3 is 41.5 Å². The Balaban J connectivity index is -0.00000000875. The van der Waals surface area contributed by atoms with Gasteiger partial charge in [-0.15, -0.1) is 0 Å². The summed E-state index contributed by atoms with van der Waals surface area (Å²) in [4.78, 5) is 19.3. The van der Waals surface area contributed by atoms with Crippen molar-refractivity contribution in [1.29, 1.82) is 0 Å². The van der Waals surface area contributed by atoms with Gasteiger partial charge in [0, 0.05) is 0 Å². The molecule has 0 fully saturated rings. The molecule has 0 aliphatic carbocycles. The molecule has 11 nitrogen and oxygen atoms in total. The maximum atomic E-state index is 9.64. The average molecular weight is 268 g/mol. The molecule has 16 heavy (non-hydrogen) atoms. The molecule has 0 amide bonds. The van der Waals surface area contributed by atoms with Gasteiger partial charge in [0.25, 0.3) is 0 Å². The first-order valence-corrected chi connectivity index (χ1v) is 2.06. The van der Waals surface area contributed by atoms with Crippen LogP contribution in [0, 0.1) is 0 Å². The van der Waals surface area contributed by atoms with Crippen LogP contribution < -0.4 is 0 Å². The van der Waals surface area contributed by atoms with E-state index in [2.05, 4.69) is 0 Å². The Hall–Kier alpha value is -0.340. The monoisotopic (exact) mass is 268 g/mol. The van der Waals surface area contributed by atoms with Crippen LogP contribution in [0.5, 0.6) is 0 Å². The van der Waals surface area contributed by atoms with E-state index in [1.54, 1.807) is 0 Å². The Morgan fingerprint density at radius 3 is 0.812 bits per heavy atom. The summed E-state index contributed by atoms with van der Waals surface area (Å²) >= 11 is 0. The number of carboxylic acids is 2. The van der Waals surface area contributed by atoms with E-state index in [0.29, 0.717) is 0 Å². The first-order chi connectivity index (χ1) is 3.63. The molecule has 0 saturated carbocycles. The summed E-state index contributed by atoms with van der Waals surface area (Å²) in [5, 5.41) is 15.8. The second-order valence-corrected chi connectivity index (χ2v) is 1.29. The fourth-order valence-electron chi connectivity index (χ4n) is 0.214. The number of carbonyl (C=O) groups is 2. The Morgan fingerprint density at radius 2 is 0.750 bits per heavy atom. The van der Waals surface area contributed by atoms with E-state index < -0.39 is 11.9 Å². The molecule has 0 bridgehead atoms. The third kappa shape index (κ3) is 101. The van der Waals surface area contributed by atoms with Crippen molar-refractivity contribution in [3.05, 3.63) is 0 Å². The number of hydrogen-bond donors (Lipinski definition) is 2. The van der Waals surface area contributed by atoms with E-state index in [4.69, 9.17) is 10.2 Å². The van der Waals surface area contributed by atoms with Gasteiger partial charge in [-0.1, -0.05) is 0 Å². The molecule has 0 radical (unpaired) electrons. The van der Waals surface area contributed by atoms with Crippen LogP contribution in [0.2, 0.25) is 0 Å². The van der Waals surface area contributed by atoms with Crippen molar-refractivity contribution in [3.63, 3.8) is 0 Å². The van der Waals surface area contributed by atoms with Gasteiger partial charge in [-0.05, 0) is 0 Å². The van der Waals surface area contributed by atoms with E-state index in [9.17, 15) is 9.59 Å². The van der Waals surface area contributed by atoms with Crippen LogP contribution in [0.15, 0.2) is 0 Å². The predicted octanol–water partition coefficient (Wildman–Crippen LogP) is -6.49. The van der Waals surface area contributed by atoms with Gasteiger partial charge in [-0.2, -0.15) is 0 Å². The van der Waals surface area contributed by atoms with Crippen LogP contribution in [-0.4, -0.2) is 90.0 Å². The normalized spacial score (nSPS) is 4.25. The van der Waals surface area contributed by atoms with Crippen molar-refractivity contribution in [1.82, 2.24) is 0 Å². The third-order valence-electron chi connectivity index (χ3n) is 0.553. The van der Waals surface area contributed by atoms with Gasteiger partial charge in [-0.3, -0.25) is 9.59 Å². The number of carboxylic acid groups (broad SMARTS) is 2.